The molecule has 0 saturated heterocycles. The normalized spacial score (nSPS) is 46.0. The summed E-state index contributed by atoms with van der Waals surface area (Å²) in [6.07, 6.45) is 12.1. The van der Waals surface area contributed by atoms with Gasteiger partial charge in [0.2, 0.25) is 0 Å². The zero-order valence-corrected chi connectivity index (χ0v) is 13.1. The van der Waals surface area contributed by atoms with Crippen LogP contribution in [0.3, 0.4) is 0 Å². The van der Waals surface area contributed by atoms with E-state index >= 15 is 0 Å². The van der Waals surface area contributed by atoms with Crippen LogP contribution in [0.5, 0.6) is 0 Å². The van der Waals surface area contributed by atoms with E-state index in [4.69, 9.17) is 0 Å². The Kier molecular flexibility index (Phi) is 5.15. The summed E-state index contributed by atoms with van der Waals surface area (Å²) < 4.78 is 0. The van der Waals surface area contributed by atoms with Gasteiger partial charge in [-0.1, -0.05) is 59.8 Å². The maximum Gasteiger partial charge on any atom is -0.0388 e. The largest absolute Gasteiger partial charge is 0.0651 e. The van der Waals surface area contributed by atoms with Crippen molar-refractivity contribution >= 4 is 0 Å². The summed E-state index contributed by atoms with van der Waals surface area (Å²) in [5.74, 6) is 6.12. The van der Waals surface area contributed by atoms with Crippen LogP contribution in [0.4, 0.5) is 0 Å². The molecule has 0 heterocycles. The van der Waals surface area contributed by atoms with Crippen molar-refractivity contribution in [3.63, 3.8) is 0 Å². The van der Waals surface area contributed by atoms with Crippen LogP contribution in [-0.4, -0.2) is 0 Å². The van der Waals surface area contributed by atoms with Gasteiger partial charge in [-0.3, -0.25) is 0 Å². The molecule has 0 amide bonds. The van der Waals surface area contributed by atoms with Crippen molar-refractivity contribution in [2.24, 2.45) is 35.5 Å². The number of rotatable bonds is 3. The first-order valence-corrected chi connectivity index (χ1v) is 8.60. The fourth-order valence-electron chi connectivity index (χ4n) is 4.64. The standard InChI is InChI=1S/C18H34/c1-5-18-12-17(9-7-14(18)3)11-16-8-6-13(2)15(4)10-16/h13-18H,5-12H2,1-4H3/t13-,14?,15?,16?,17?,18?/m1/s1. The highest BCUT2D eigenvalue weighted by Crippen LogP contribution is 2.42. The van der Waals surface area contributed by atoms with Gasteiger partial charge in [0.05, 0.1) is 0 Å². The van der Waals surface area contributed by atoms with Gasteiger partial charge >= 0.3 is 0 Å². The molecule has 2 aliphatic carbocycles. The van der Waals surface area contributed by atoms with Crippen molar-refractivity contribution in [1.82, 2.24) is 0 Å². The van der Waals surface area contributed by atoms with Gasteiger partial charge < -0.3 is 0 Å². The van der Waals surface area contributed by atoms with Crippen LogP contribution in [-0.2, 0) is 0 Å². The SMILES string of the molecule is CCC1CC(CC2CC[C@@H](C)C(C)C2)CCC1C. The molecule has 106 valence electrons. The van der Waals surface area contributed by atoms with Crippen LogP contribution in [0.1, 0.15) is 79.1 Å². The van der Waals surface area contributed by atoms with E-state index < -0.39 is 0 Å². The Morgan fingerprint density at radius 3 is 1.94 bits per heavy atom. The molecule has 0 heteroatoms. The number of hydrogen-bond acceptors (Lipinski definition) is 0. The summed E-state index contributed by atoms with van der Waals surface area (Å²) in [6.45, 7) is 9.81. The second kappa shape index (κ2) is 6.44. The molecular formula is C18H34. The highest BCUT2D eigenvalue weighted by molar-refractivity contribution is 4.82. The van der Waals surface area contributed by atoms with Crippen LogP contribution >= 0.6 is 0 Å². The molecule has 0 aliphatic heterocycles. The van der Waals surface area contributed by atoms with Gasteiger partial charge in [0.25, 0.3) is 0 Å². The second-order valence-electron chi connectivity index (χ2n) is 7.69. The first kappa shape index (κ1) is 14.4. The molecular weight excluding hydrogens is 216 g/mol. The van der Waals surface area contributed by atoms with Crippen LogP contribution in [0.2, 0.25) is 0 Å². The predicted molar refractivity (Wildman–Crippen MR) is 80.6 cm³/mol. The van der Waals surface area contributed by atoms with E-state index in [0.717, 1.165) is 35.5 Å². The van der Waals surface area contributed by atoms with E-state index in [-0.39, 0.29) is 0 Å². The first-order valence-electron chi connectivity index (χ1n) is 8.60. The van der Waals surface area contributed by atoms with E-state index in [1.54, 1.807) is 6.42 Å². The maximum atomic E-state index is 2.48. The minimum atomic E-state index is 0.980. The molecule has 2 fully saturated rings. The molecule has 0 radical (unpaired) electrons. The van der Waals surface area contributed by atoms with Crippen LogP contribution in [0.25, 0.3) is 0 Å². The smallest absolute Gasteiger partial charge is 0.0388 e. The Hall–Kier alpha value is 0. The van der Waals surface area contributed by atoms with Gasteiger partial charge in [-0.05, 0) is 54.8 Å². The lowest BCUT2D eigenvalue weighted by Crippen LogP contribution is -2.27. The van der Waals surface area contributed by atoms with E-state index in [1.165, 1.54) is 44.9 Å². The molecule has 0 bridgehead atoms. The molecule has 0 nitrogen and oxygen atoms in total. The first-order chi connectivity index (χ1) is 8.60. The van der Waals surface area contributed by atoms with Crippen molar-refractivity contribution in [2.75, 3.05) is 0 Å². The molecule has 6 atom stereocenters. The molecule has 0 spiro atoms. The average molecular weight is 250 g/mol. The van der Waals surface area contributed by atoms with E-state index in [9.17, 15) is 0 Å². The topological polar surface area (TPSA) is 0 Å². The Morgan fingerprint density at radius 2 is 1.33 bits per heavy atom. The molecule has 0 aromatic rings. The summed E-state index contributed by atoms with van der Waals surface area (Å²) in [7, 11) is 0. The minimum absolute atomic E-state index is 0.980. The van der Waals surface area contributed by atoms with E-state index in [0.29, 0.717) is 0 Å². The molecule has 2 saturated carbocycles. The Morgan fingerprint density at radius 1 is 0.722 bits per heavy atom. The summed E-state index contributed by atoms with van der Waals surface area (Å²) in [6, 6.07) is 0. The Labute approximate surface area is 115 Å². The van der Waals surface area contributed by atoms with Gasteiger partial charge in [-0.25, -0.2) is 0 Å². The van der Waals surface area contributed by atoms with Gasteiger partial charge in [0.15, 0.2) is 0 Å². The summed E-state index contributed by atoms with van der Waals surface area (Å²) in [5, 5.41) is 0. The Balaban J connectivity index is 1.79. The van der Waals surface area contributed by atoms with Crippen molar-refractivity contribution in [2.45, 2.75) is 79.1 Å². The molecule has 2 aliphatic rings. The molecule has 0 aromatic heterocycles. The zero-order valence-electron chi connectivity index (χ0n) is 13.1. The van der Waals surface area contributed by atoms with Crippen LogP contribution in [0.15, 0.2) is 0 Å². The summed E-state index contributed by atoms with van der Waals surface area (Å²) in [5.41, 5.74) is 0. The van der Waals surface area contributed by atoms with Gasteiger partial charge in [0.1, 0.15) is 0 Å². The second-order valence-corrected chi connectivity index (χ2v) is 7.69. The van der Waals surface area contributed by atoms with Crippen LogP contribution in [0, 0.1) is 35.5 Å². The lowest BCUT2D eigenvalue weighted by molar-refractivity contribution is 0.131. The predicted octanol–water partition coefficient (Wildman–Crippen LogP) is 5.91. The fourth-order valence-corrected chi connectivity index (χ4v) is 4.64. The van der Waals surface area contributed by atoms with Gasteiger partial charge in [-0.2, -0.15) is 0 Å². The Bertz CT molecular complexity index is 244. The summed E-state index contributed by atoms with van der Waals surface area (Å²) >= 11 is 0. The lowest BCUT2D eigenvalue weighted by atomic mass is 9.68. The molecule has 2 rings (SSSR count). The fraction of sp³-hybridized carbons (Fsp3) is 1.00. The molecule has 0 N–H and O–H groups in total. The average Bonchev–Trinajstić information content (AvgIpc) is 2.36. The third kappa shape index (κ3) is 3.52. The highest BCUT2D eigenvalue weighted by Gasteiger charge is 2.30. The maximum absolute atomic E-state index is 2.48. The van der Waals surface area contributed by atoms with Crippen LogP contribution < -0.4 is 0 Å². The molecule has 18 heavy (non-hydrogen) atoms. The van der Waals surface area contributed by atoms with Crippen molar-refractivity contribution < 1.29 is 0 Å². The zero-order chi connectivity index (χ0) is 13.1. The lowest BCUT2D eigenvalue weighted by Gasteiger charge is -2.38. The third-order valence-electron chi connectivity index (χ3n) is 6.37. The summed E-state index contributed by atoms with van der Waals surface area (Å²) in [4.78, 5) is 0. The highest BCUT2D eigenvalue weighted by atomic mass is 14.4. The number of hydrogen-bond donors (Lipinski definition) is 0. The van der Waals surface area contributed by atoms with Gasteiger partial charge in [-0.15, -0.1) is 0 Å². The minimum Gasteiger partial charge on any atom is -0.0651 e. The van der Waals surface area contributed by atoms with E-state index in [1.807, 2.05) is 0 Å². The molecule has 0 aromatic carbocycles. The van der Waals surface area contributed by atoms with Crippen molar-refractivity contribution in [3.05, 3.63) is 0 Å². The van der Waals surface area contributed by atoms with Crippen molar-refractivity contribution in [3.8, 4) is 0 Å². The van der Waals surface area contributed by atoms with E-state index in [2.05, 4.69) is 27.7 Å². The quantitative estimate of drug-likeness (QED) is 0.584. The third-order valence-corrected chi connectivity index (χ3v) is 6.37. The molecule has 5 unspecified atom stereocenters. The monoisotopic (exact) mass is 250 g/mol. The van der Waals surface area contributed by atoms with Crippen molar-refractivity contribution in [1.29, 1.82) is 0 Å². The van der Waals surface area contributed by atoms with Gasteiger partial charge in [0, 0.05) is 0 Å².